The van der Waals surface area contributed by atoms with Gasteiger partial charge in [-0.15, -0.1) is 10.2 Å². The Bertz CT molecular complexity index is 1280. The highest BCUT2D eigenvalue weighted by atomic mass is 16.2. The molecule has 1 aliphatic heterocycles. The molecule has 1 fully saturated rings. The molecule has 170 valence electrons. The first kappa shape index (κ1) is 21.2. The van der Waals surface area contributed by atoms with Gasteiger partial charge in [0.25, 0.3) is 5.91 Å². The van der Waals surface area contributed by atoms with Gasteiger partial charge in [0.2, 0.25) is 0 Å². The lowest BCUT2D eigenvalue weighted by Crippen LogP contribution is -2.39. The second-order valence-corrected chi connectivity index (χ2v) is 8.81. The normalized spacial score (nSPS) is 15.4. The Morgan fingerprint density at radius 1 is 1.06 bits per heavy atom. The lowest BCUT2D eigenvalue weighted by molar-refractivity contribution is 0.102. The van der Waals surface area contributed by atoms with Gasteiger partial charge in [0.1, 0.15) is 11.5 Å². The van der Waals surface area contributed by atoms with E-state index in [0.29, 0.717) is 11.9 Å². The number of piperidine rings is 1. The molecule has 0 atom stereocenters. The molecule has 1 aromatic carbocycles. The maximum Gasteiger partial charge on any atom is 0.278 e. The lowest BCUT2D eigenvalue weighted by atomic mass is 10.0. The molecule has 1 saturated heterocycles. The molecule has 0 saturated carbocycles. The number of pyridine rings is 1. The molecule has 3 aromatic heterocycles. The minimum Gasteiger partial charge on any atom is -0.305 e. The maximum atomic E-state index is 12.8. The Morgan fingerprint density at radius 2 is 1.88 bits per heavy atom. The molecule has 5 rings (SSSR count). The smallest absolute Gasteiger partial charge is 0.278 e. The van der Waals surface area contributed by atoms with Crippen LogP contribution in [0.1, 0.15) is 43.2 Å². The molecule has 0 unspecified atom stereocenters. The number of anilines is 1. The van der Waals surface area contributed by atoms with Crippen molar-refractivity contribution in [1.29, 1.82) is 0 Å². The number of carbonyl (C=O) groups excluding carboxylic acids is 1. The first-order valence-electron chi connectivity index (χ1n) is 11.2. The number of carbonyl (C=O) groups is 1. The lowest BCUT2D eigenvalue weighted by Gasteiger charge is -2.34. The van der Waals surface area contributed by atoms with Crippen LogP contribution in [0.25, 0.3) is 22.0 Å². The van der Waals surface area contributed by atoms with Crippen LogP contribution in [0.2, 0.25) is 0 Å². The number of benzene rings is 1. The van der Waals surface area contributed by atoms with E-state index >= 15 is 0 Å². The number of fused-ring (bicyclic) bond motifs is 1. The molecular formula is C23H27N9O. The van der Waals surface area contributed by atoms with E-state index in [1.807, 2.05) is 42.2 Å². The Hall–Kier alpha value is -3.66. The van der Waals surface area contributed by atoms with Gasteiger partial charge in [0.05, 0.1) is 18.4 Å². The number of likely N-dealkylation sites (tertiary alicyclic amines) is 1. The standard InChI is InChI=1S/C23H27N9O/c1-15(2)31-8-6-19(7-9-31)32-14-21(27-29-32)23(33)25-22-11-18-10-16(4-5-17(18)12-24-22)20-13-30(3)28-26-20/h4-5,10-15,19H,6-9H2,1-3H3,(H,24,25,33). The van der Waals surface area contributed by atoms with Gasteiger partial charge in [-0.05, 0) is 44.2 Å². The summed E-state index contributed by atoms with van der Waals surface area (Å²) in [5.41, 5.74) is 2.03. The number of hydrogen-bond acceptors (Lipinski definition) is 7. The molecule has 0 bridgehead atoms. The molecule has 1 aliphatic rings. The summed E-state index contributed by atoms with van der Waals surface area (Å²) in [7, 11) is 1.83. The van der Waals surface area contributed by atoms with Crippen molar-refractivity contribution in [3.8, 4) is 11.3 Å². The van der Waals surface area contributed by atoms with Crippen LogP contribution < -0.4 is 5.32 Å². The fourth-order valence-electron chi connectivity index (χ4n) is 4.25. The van der Waals surface area contributed by atoms with Crippen LogP contribution in [-0.2, 0) is 7.05 Å². The zero-order chi connectivity index (χ0) is 22.9. The van der Waals surface area contributed by atoms with Crippen LogP contribution in [0.5, 0.6) is 0 Å². The summed E-state index contributed by atoms with van der Waals surface area (Å²) in [5, 5.41) is 21.2. The monoisotopic (exact) mass is 445 g/mol. The van der Waals surface area contributed by atoms with Gasteiger partial charge < -0.3 is 10.2 Å². The van der Waals surface area contributed by atoms with Gasteiger partial charge in [-0.2, -0.15) is 0 Å². The average molecular weight is 446 g/mol. The van der Waals surface area contributed by atoms with E-state index in [9.17, 15) is 4.79 Å². The number of rotatable bonds is 5. The minimum atomic E-state index is -0.321. The van der Waals surface area contributed by atoms with Gasteiger partial charge >= 0.3 is 0 Å². The SMILES string of the molecule is CC(C)N1CCC(n2cc(C(=O)Nc3cc4cc(-c5cn(C)nn5)ccc4cn3)nn2)CC1. The highest BCUT2D eigenvalue weighted by molar-refractivity contribution is 6.03. The van der Waals surface area contributed by atoms with Crippen molar-refractivity contribution in [2.45, 2.75) is 38.8 Å². The molecule has 0 spiro atoms. The number of aryl methyl sites for hydroxylation is 1. The van der Waals surface area contributed by atoms with Crippen LogP contribution in [0.15, 0.2) is 42.9 Å². The van der Waals surface area contributed by atoms with E-state index in [1.54, 1.807) is 17.1 Å². The number of aromatic nitrogens is 7. The average Bonchev–Trinajstić information content (AvgIpc) is 3.48. The molecular weight excluding hydrogens is 418 g/mol. The fraction of sp³-hybridized carbons (Fsp3) is 0.391. The first-order chi connectivity index (χ1) is 16.0. The van der Waals surface area contributed by atoms with Crippen LogP contribution in [0.4, 0.5) is 5.82 Å². The largest absolute Gasteiger partial charge is 0.305 e. The summed E-state index contributed by atoms with van der Waals surface area (Å²) in [5.74, 6) is 0.140. The fourth-order valence-corrected chi connectivity index (χ4v) is 4.25. The van der Waals surface area contributed by atoms with E-state index in [-0.39, 0.29) is 17.6 Å². The Morgan fingerprint density at radius 3 is 2.61 bits per heavy atom. The highest BCUT2D eigenvalue weighted by Crippen LogP contribution is 2.25. The minimum absolute atomic E-state index is 0.271. The van der Waals surface area contributed by atoms with Crippen molar-refractivity contribution in [1.82, 2.24) is 39.9 Å². The third-order valence-corrected chi connectivity index (χ3v) is 6.21. The molecule has 1 N–H and O–H groups in total. The van der Waals surface area contributed by atoms with Crippen LogP contribution in [-0.4, -0.2) is 64.9 Å². The number of hydrogen-bond donors (Lipinski definition) is 1. The summed E-state index contributed by atoms with van der Waals surface area (Å²) in [6.07, 6.45) is 7.34. The molecule has 4 aromatic rings. The second kappa shape index (κ2) is 8.70. The number of nitrogens with one attached hydrogen (secondary N) is 1. The molecule has 10 heteroatoms. The first-order valence-corrected chi connectivity index (χ1v) is 11.2. The van der Waals surface area contributed by atoms with E-state index in [0.717, 1.165) is 48.0 Å². The van der Waals surface area contributed by atoms with E-state index in [2.05, 4.69) is 49.7 Å². The number of nitrogens with zero attached hydrogens (tertiary/aromatic N) is 8. The molecule has 4 heterocycles. The summed E-state index contributed by atoms with van der Waals surface area (Å²) < 4.78 is 3.49. The zero-order valence-corrected chi connectivity index (χ0v) is 19.0. The van der Waals surface area contributed by atoms with Crippen LogP contribution in [0.3, 0.4) is 0 Å². The van der Waals surface area contributed by atoms with Crippen molar-refractivity contribution in [2.24, 2.45) is 7.05 Å². The molecule has 0 radical (unpaired) electrons. The summed E-state index contributed by atoms with van der Waals surface area (Å²) in [6, 6.07) is 8.64. The summed E-state index contributed by atoms with van der Waals surface area (Å²) in [6.45, 7) is 6.49. The van der Waals surface area contributed by atoms with Gasteiger partial charge in [0, 0.05) is 43.3 Å². The Labute approximate surface area is 191 Å². The van der Waals surface area contributed by atoms with Gasteiger partial charge in [-0.25, -0.2) is 9.67 Å². The van der Waals surface area contributed by atoms with Crippen molar-refractivity contribution in [2.75, 3.05) is 18.4 Å². The van der Waals surface area contributed by atoms with E-state index in [1.165, 1.54) is 0 Å². The van der Waals surface area contributed by atoms with Gasteiger partial charge in [0.15, 0.2) is 5.69 Å². The quantitative estimate of drug-likeness (QED) is 0.503. The zero-order valence-electron chi connectivity index (χ0n) is 19.0. The predicted molar refractivity (Wildman–Crippen MR) is 125 cm³/mol. The van der Waals surface area contributed by atoms with Gasteiger partial charge in [-0.3, -0.25) is 9.48 Å². The van der Waals surface area contributed by atoms with Gasteiger partial charge in [-0.1, -0.05) is 22.6 Å². The van der Waals surface area contributed by atoms with Crippen molar-refractivity contribution in [3.63, 3.8) is 0 Å². The maximum absolute atomic E-state index is 12.8. The summed E-state index contributed by atoms with van der Waals surface area (Å²) in [4.78, 5) is 19.6. The third-order valence-electron chi connectivity index (χ3n) is 6.21. The van der Waals surface area contributed by atoms with E-state index in [4.69, 9.17) is 0 Å². The molecule has 33 heavy (non-hydrogen) atoms. The molecule has 1 amide bonds. The molecule has 0 aliphatic carbocycles. The van der Waals surface area contributed by atoms with Crippen molar-refractivity contribution in [3.05, 3.63) is 48.5 Å². The summed E-state index contributed by atoms with van der Waals surface area (Å²) >= 11 is 0. The topological polar surface area (TPSA) is 107 Å². The van der Waals surface area contributed by atoms with E-state index < -0.39 is 0 Å². The predicted octanol–water partition coefficient (Wildman–Crippen LogP) is 2.92. The third kappa shape index (κ3) is 4.47. The van der Waals surface area contributed by atoms with Crippen LogP contribution >= 0.6 is 0 Å². The highest BCUT2D eigenvalue weighted by Gasteiger charge is 2.24. The number of amides is 1. The van der Waals surface area contributed by atoms with Crippen LogP contribution in [0, 0.1) is 0 Å². The second-order valence-electron chi connectivity index (χ2n) is 8.81. The Kier molecular flexibility index (Phi) is 5.59. The molecule has 10 nitrogen and oxygen atoms in total. The van der Waals surface area contributed by atoms with Crippen molar-refractivity contribution >= 4 is 22.5 Å². The van der Waals surface area contributed by atoms with Crippen molar-refractivity contribution < 1.29 is 4.79 Å². The Balaban J connectivity index is 1.29.